The molecule has 2 aromatic rings. The van der Waals surface area contributed by atoms with Gasteiger partial charge in [-0.1, -0.05) is 37.3 Å². The maximum atomic E-state index is 12.2. The highest BCUT2D eigenvalue weighted by molar-refractivity contribution is 5.95. The van der Waals surface area contributed by atoms with E-state index in [1.54, 1.807) is 13.3 Å². The number of amides is 1. The van der Waals surface area contributed by atoms with Crippen LogP contribution in [0, 0.1) is 0 Å². The Bertz CT molecular complexity index is 593. The van der Waals surface area contributed by atoms with Gasteiger partial charge in [0.25, 0.3) is 5.91 Å². The van der Waals surface area contributed by atoms with Crippen molar-refractivity contribution in [1.82, 2.24) is 15.1 Å². The van der Waals surface area contributed by atoms with Crippen LogP contribution in [0.25, 0.3) is 0 Å². The zero-order valence-electron chi connectivity index (χ0n) is 13.2. The summed E-state index contributed by atoms with van der Waals surface area (Å²) in [6.07, 6.45) is 3.24. The van der Waals surface area contributed by atoms with Crippen LogP contribution in [-0.4, -0.2) is 35.9 Å². The van der Waals surface area contributed by atoms with Crippen molar-refractivity contribution >= 4 is 5.91 Å². The van der Waals surface area contributed by atoms with Crippen LogP contribution in [-0.2, 0) is 17.7 Å². The second kappa shape index (κ2) is 8.34. The summed E-state index contributed by atoms with van der Waals surface area (Å²) in [6, 6.07) is 10.1. The lowest BCUT2D eigenvalue weighted by Gasteiger charge is -2.08. The predicted octanol–water partition coefficient (Wildman–Crippen LogP) is 2.26. The van der Waals surface area contributed by atoms with Crippen LogP contribution in [0.5, 0.6) is 0 Å². The van der Waals surface area contributed by atoms with E-state index < -0.39 is 0 Å². The first kappa shape index (κ1) is 16.2. The van der Waals surface area contributed by atoms with Gasteiger partial charge >= 0.3 is 0 Å². The van der Waals surface area contributed by atoms with Crippen molar-refractivity contribution in [2.24, 2.45) is 0 Å². The van der Waals surface area contributed by atoms with Crippen LogP contribution < -0.4 is 5.32 Å². The van der Waals surface area contributed by atoms with Crippen molar-refractivity contribution in [1.29, 1.82) is 0 Å². The molecule has 1 amide bonds. The van der Waals surface area contributed by atoms with Gasteiger partial charge in [0, 0.05) is 20.3 Å². The normalized spacial score (nSPS) is 10.6. The first-order valence-corrected chi connectivity index (χ1v) is 7.62. The number of hydrogen-bond donors (Lipinski definition) is 1. The maximum absolute atomic E-state index is 12.2. The number of aromatic nitrogens is 2. The van der Waals surface area contributed by atoms with E-state index in [9.17, 15) is 4.79 Å². The van der Waals surface area contributed by atoms with Crippen LogP contribution >= 0.6 is 0 Å². The minimum Gasteiger partial charge on any atom is -0.385 e. The van der Waals surface area contributed by atoms with Crippen LogP contribution in [0.1, 0.15) is 35.0 Å². The summed E-state index contributed by atoms with van der Waals surface area (Å²) in [6.45, 7) is 3.98. The molecule has 0 saturated heterocycles. The summed E-state index contributed by atoms with van der Waals surface area (Å²) in [5.41, 5.74) is 2.80. The van der Waals surface area contributed by atoms with Gasteiger partial charge in [-0.25, -0.2) is 0 Å². The number of carbonyl (C=O) groups excluding carboxylic acids is 1. The summed E-state index contributed by atoms with van der Waals surface area (Å²) in [5, 5.41) is 7.29. The fraction of sp³-hybridized carbons (Fsp3) is 0.412. The summed E-state index contributed by atoms with van der Waals surface area (Å²) in [4.78, 5) is 12.2. The quantitative estimate of drug-likeness (QED) is 0.761. The highest BCUT2D eigenvalue weighted by atomic mass is 16.5. The molecule has 0 spiro atoms. The van der Waals surface area contributed by atoms with Crippen LogP contribution in [0.2, 0.25) is 0 Å². The predicted molar refractivity (Wildman–Crippen MR) is 86.0 cm³/mol. The number of ether oxygens (including phenoxy) is 1. The molecule has 5 nitrogen and oxygen atoms in total. The van der Waals surface area contributed by atoms with E-state index in [1.165, 1.54) is 5.56 Å². The molecule has 1 heterocycles. The van der Waals surface area contributed by atoms with Gasteiger partial charge in [-0.15, -0.1) is 0 Å². The molecular weight excluding hydrogens is 278 g/mol. The number of methoxy groups -OCH3 is 1. The van der Waals surface area contributed by atoms with E-state index in [1.807, 2.05) is 29.8 Å². The van der Waals surface area contributed by atoms with Crippen LogP contribution in [0.3, 0.4) is 0 Å². The Balaban J connectivity index is 2.05. The average molecular weight is 301 g/mol. The van der Waals surface area contributed by atoms with Gasteiger partial charge in [0.15, 0.2) is 0 Å². The number of nitrogens with zero attached hydrogens (tertiary/aromatic N) is 2. The SMILES string of the molecule is CCc1c(C(=O)NCCCOC)cnn1Cc1ccccc1. The minimum atomic E-state index is -0.0627. The molecule has 0 saturated carbocycles. The van der Waals surface area contributed by atoms with E-state index in [0.717, 1.165) is 18.5 Å². The monoisotopic (exact) mass is 301 g/mol. The molecule has 22 heavy (non-hydrogen) atoms. The highest BCUT2D eigenvalue weighted by Gasteiger charge is 2.15. The van der Waals surface area contributed by atoms with Gasteiger partial charge in [-0.05, 0) is 18.4 Å². The second-order valence-corrected chi connectivity index (χ2v) is 5.10. The number of hydrogen-bond acceptors (Lipinski definition) is 3. The van der Waals surface area contributed by atoms with Crippen molar-refractivity contribution in [2.75, 3.05) is 20.3 Å². The minimum absolute atomic E-state index is 0.0627. The summed E-state index contributed by atoms with van der Waals surface area (Å²) >= 11 is 0. The molecule has 0 aliphatic carbocycles. The molecule has 0 aliphatic rings. The maximum Gasteiger partial charge on any atom is 0.254 e. The van der Waals surface area contributed by atoms with Crippen molar-refractivity contribution in [3.05, 3.63) is 53.3 Å². The van der Waals surface area contributed by atoms with Gasteiger partial charge in [-0.2, -0.15) is 5.10 Å². The molecule has 0 atom stereocenters. The van der Waals surface area contributed by atoms with Crippen LogP contribution in [0.15, 0.2) is 36.5 Å². The average Bonchev–Trinajstić information content (AvgIpc) is 2.95. The first-order chi connectivity index (χ1) is 10.8. The molecule has 2 rings (SSSR count). The molecular formula is C17H23N3O2. The molecule has 0 radical (unpaired) electrons. The zero-order valence-corrected chi connectivity index (χ0v) is 13.2. The highest BCUT2D eigenvalue weighted by Crippen LogP contribution is 2.12. The lowest BCUT2D eigenvalue weighted by Crippen LogP contribution is -2.26. The number of rotatable bonds is 8. The van der Waals surface area contributed by atoms with E-state index in [0.29, 0.717) is 25.3 Å². The van der Waals surface area contributed by atoms with Crippen LogP contribution in [0.4, 0.5) is 0 Å². The van der Waals surface area contributed by atoms with Gasteiger partial charge in [0.1, 0.15) is 0 Å². The smallest absolute Gasteiger partial charge is 0.254 e. The van der Waals surface area contributed by atoms with Gasteiger partial charge in [0.05, 0.1) is 24.0 Å². The Morgan fingerprint density at radius 1 is 1.32 bits per heavy atom. The second-order valence-electron chi connectivity index (χ2n) is 5.10. The number of carbonyl (C=O) groups is 1. The molecule has 5 heteroatoms. The lowest BCUT2D eigenvalue weighted by molar-refractivity contribution is 0.0947. The Hall–Kier alpha value is -2.14. The molecule has 0 aliphatic heterocycles. The Morgan fingerprint density at radius 2 is 2.09 bits per heavy atom. The third-order valence-electron chi connectivity index (χ3n) is 3.51. The van der Waals surface area contributed by atoms with Crippen molar-refractivity contribution in [3.63, 3.8) is 0 Å². The molecule has 1 N–H and O–H groups in total. The third-order valence-corrected chi connectivity index (χ3v) is 3.51. The van der Waals surface area contributed by atoms with E-state index in [4.69, 9.17) is 4.74 Å². The van der Waals surface area contributed by atoms with Gasteiger partial charge in [0.2, 0.25) is 0 Å². The van der Waals surface area contributed by atoms with E-state index in [-0.39, 0.29) is 5.91 Å². The fourth-order valence-corrected chi connectivity index (χ4v) is 2.38. The summed E-state index contributed by atoms with van der Waals surface area (Å²) in [7, 11) is 1.66. The number of benzene rings is 1. The molecule has 0 fully saturated rings. The fourth-order valence-electron chi connectivity index (χ4n) is 2.38. The largest absolute Gasteiger partial charge is 0.385 e. The zero-order chi connectivity index (χ0) is 15.8. The molecule has 1 aromatic carbocycles. The lowest BCUT2D eigenvalue weighted by atomic mass is 10.1. The Kier molecular flexibility index (Phi) is 6.15. The third kappa shape index (κ3) is 4.18. The standard InChI is InChI=1S/C17H23N3O2/c1-3-16-15(17(21)18-10-7-11-22-2)12-19-20(16)13-14-8-5-4-6-9-14/h4-6,8-9,12H,3,7,10-11,13H2,1-2H3,(H,18,21). The topological polar surface area (TPSA) is 56.1 Å². The molecule has 118 valence electrons. The molecule has 0 unspecified atom stereocenters. The van der Waals surface area contributed by atoms with E-state index in [2.05, 4.69) is 22.5 Å². The van der Waals surface area contributed by atoms with Crippen molar-refractivity contribution in [3.8, 4) is 0 Å². The summed E-state index contributed by atoms with van der Waals surface area (Å²) in [5.74, 6) is -0.0627. The molecule has 0 bridgehead atoms. The summed E-state index contributed by atoms with van der Waals surface area (Å²) < 4.78 is 6.88. The Labute approximate surface area is 131 Å². The number of nitrogens with one attached hydrogen (secondary N) is 1. The van der Waals surface area contributed by atoms with E-state index >= 15 is 0 Å². The van der Waals surface area contributed by atoms with Gasteiger partial charge < -0.3 is 10.1 Å². The van der Waals surface area contributed by atoms with Gasteiger partial charge in [-0.3, -0.25) is 9.48 Å². The first-order valence-electron chi connectivity index (χ1n) is 7.62. The van der Waals surface area contributed by atoms with Crippen molar-refractivity contribution < 1.29 is 9.53 Å². The Morgan fingerprint density at radius 3 is 2.77 bits per heavy atom. The molecule has 1 aromatic heterocycles. The van der Waals surface area contributed by atoms with Crippen molar-refractivity contribution in [2.45, 2.75) is 26.3 Å².